The predicted octanol–water partition coefficient (Wildman–Crippen LogP) is 3.81. The number of carbonyl (C=O) groups excluding carboxylic acids is 1. The van der Waals surface area contributed by atoms with Gasteiger partial charge in [0.15, 0.2) is 0 Å². The minimum Gasteiger partial charge on any atom is -0.462 e. The van der Waals surface area contributed by atoms with Crippen molar-refractivity contribution in [2.24, 2.45) is 0 Å². The Hall–Kier alpha value is -2.29. The fourth-order valence-corrected chi connectivity index (χ4v) is 2.13. The molecule has 2 aromatic carbocycles. The quantitative estimate of drug-likeness (QED) is 0.782. The number of nitrogens with zero attached hydrogens (tertiary/aromatic N) is 1. The second-order valence-corrected chi connectivity index (χ2v) is 5.11. The van der Waals surface area contributed by atoms with Crippen molar-refractivity contribution in [3.05, 3.63) is 65.2 Å². The number of ether oxygens (including phenoxy) is 1. The van der Waals surface area contributed by atoms with E-state index in [9.17, 15) is 4.79 Å². The Kier molecular flexibility index (Phi) is 4.99. The molecule has 0 radical (unpaired) electrons. The van der Waals surface area contributed by atoms with E-state index in [0.29, 0.717) is 12.2 Å². The Bertz CT molecular complexity index is 588. The SMILES string of the molecule is CCOC(=O)c1ccc(CN(C)c2ccc(C)cc2)cc1. The van der Waals surface area contributed by atoms with Gasteiger partial charge in [0.1, 0.15) is 0 Å². The molecule has 3 heteroatoms. The molecule has 0 aliphatic heterocycles. The van der Waals surface area contributed by atoms with Gasteiger partial charge >= 0.3 is 5.97 Å². The molecular weight excluding hydrogens is 262 g/mol. The van der Waals surface area contributed by atoms with Crippen molar-refractivity contribution in [3.63, 3.8) is 0 Å². The lowest BCUT2D eigenvalue weighted by atomic mass is 10.1. The molecule has 0 saturated heterocycles. The molecule has 0 aromatic heterocycles. The molecule has 0 unspecified atom stereocenters. The Balaban J connectivity index is 2.02. The molecule has 0 heterocycles. The maximum Gasteiger partial charge on any atom is 0.338 e. The molecule has 0 amide bonds. The zero-order chi connectivity index (χ0) is 15.2. The van der Waals surface area contributed by atoms with Gasteiger partial charge in [0, 0.05) is 19.3 Å². The molecule has 2 aromatic rings. The fourth-order valence-electron chi connectivity index (χ4n) is 2.13. The van der Waals surface area contributed by atoms with E-state index in [1.807, 2.05) is 31.2 Å². The Morgan fingerprint density at radius 3 is 2.24 bits per heavy atom. The molecule has 0 aliphatic rings. The molecule has 0 spiro atoms. The van der Waals surface area contributed by atoms with Crippen LogP contribution in [0.25, 0.3) is 0 Å². The van der Waals surface area contributed by atoms with Crippen molar-refractivity contribution in [1.82, 2.24) is 0 Å². The van der Waals surface area contributed by atoms with Crippen molar-refractivity contribution < 1.29 is 9.53 Å². The van der Waals surface area contributed by atoms with Crippen LogP contribution in [0.2, 0.25) is 0 Å². The van der Waals surface area contributed by atoms with E-state index in [1.54, 1.807) is 0 Å². The normalized spacial score (nSPS) is 10.2. The van der Waals surface area contributed by atoms with Gasteiger partial charge in [-0.25, -0.2) is 4.79 Å². The Labute approximate surface area is 126 Å². The second kappa shape index (κ2) is 6.93. The van der Waals surface area contributed by atoms with Crippen LogP contribution in [0.1, 0.15) is 28.4 Å². The van der Waals surface area contributed by atoms with Crippen molar-refractivity contribution in [3.8, 4) is 0 Å². The number of anilines is 1. The largest absolute Gasteiger partial charge is 0.462 e. The van der Waals surface area contributed by atoms with Crippen LogP contribution in [0.15, 0.2) is 48.5 Å². The lowest BCUT2D eigenvalue weighted by Gasteiger charge is -2.19. The van der Waals surface area contributed by atoms with E-state index in [4.69, 9.17) is 4.74 Å². The van der Waals surface area contributed by atoms with Crippen LogP contribution in [0, 0.1) is 6.92 Å². The molecule has 21 heavy (non-hydrogen) atoms. The number of esters is 1. The van der Waals surface area contributed by atoms with E-state index < -0.39 is 0 Å². The van der Waals surface area contributed by atoms with Gasteiger partial charge in [-0.1, -0.05) is 29.8 Å². The van der Waals surface area contributed by atoms with E-state index in [2.05, 4.69) is 43.1 Å². The molecule has 0 N–H and O–H groups in total. The van der Waals surface area contributed by atoms with Crippen molar-refractivity contribution in [2.45, 2.75) is 20.4 Å². The minimum absolute atomic E-state index is 0.268. The van der Waals surface area contributed by atoms with Gasteiger partial charge in [0.2, 0.25) is 0 Å². The van der Waals surface area contributed by atoms with E-state index in [1.165, 1.54) is 11.3 Å². The number of carbonyl (C=O) groups is 1. The minimum atomic E-state index is -0.268. The van der Waals surface area contributed by atoms with Gasteiger partial charge in [-0.2, -0.15) is 0 Å². The Morgan fingerprint density at radius 1 is 1.05 bits per heavy atom. The highest BCUT2D eigenvalue weighted by Gasteiger charge is 2.07. The van der Waals surface area contributed by atoms with Crippen molar-refractivity contribution >= 4 is 11.7 Å². The van der Waals surface area contributed by atoms with Crippen LogP contribution < -0.4 is 4.90 Å². The van der Waals surface area contributed by atoms with Gasteiger partial charge < -0.3 is 9.64 Å². The average molecular weight is 283 g/mol. The number of benzene rings is 2. The highest BCUT2D eigenvalue weighted by Crippen LogP contribution is 2.16. The van der Waals surface area contributed by atoms with Gasteiger partial charge in [0.05, 0.1) is 12.2 Å². The summed E-state index contributed by atoms with van der Waals surface area (Å²) in [6, 6.07) is 16.0. The van der Waals surface area contributed by atoms with Crippen molar-refractivity contribution in [2.75, 3.05) is 18.6 Å². The maximum atomic E-state index is 11.6. The molecule has 2 rings (SSSR count). The first-order valence-corrected chi connectivity index (χ1v) is 7.14. The summed E-state index contributed by atoms with van der Waals surface area (Å²) in [5, 5.41) is 0. The summed E-state index contributed by atoms with van der Waals surface area (Å²) in [4.78, 5) is 13.8. The predicted molar refractivity (Wildman–Crippen MR) is 85.7 cm³/mol. The number of rotatable bonds is 5. The monoisotopic (exact) mass is 283 g/mol. The summed E-state index contributed by atoms with van der Waals surface area (Å²) < 4.78 is 4.98. The zero-order valence-corrected chi connectivity index (χ0v) is 12.8. The van der Waals surface area contributed by atoms with Crippen LogP contribution in [0.4, 0.5) is 5.69 Å². The number of aryl methyl sites for hydroxylation is 1. The smallest absolute Gasteiger partial charge is 0.338 e. The molecule has 0 fully saturated rings. The molecule has 110 valence electrons. The number of hydrogen-bond donors (Lipinski definition) is 0. The summed E-state index contributed by atoms with van der Waals surface area (Å²) in [7, 11) is 2.06. The van der Waals surface area contributed by atoms with Gasteiger partial charge in [-0.15, -0.1) is 0 Å². The van der Waals surface area contributed by atoms with E-state index >= 15 is 0 Å². The van der Waals surface area contributed by atoms with Crippen LogP contribution in [0.3, 0.4) is 0 Å². The van der Waals surface area contributed by atoms with Gasteiger partial charge in [-0.05, 0) is 43.7 Å². The molecule has 0 atom stereocenters. The molecule has 0 bridgehead atoms. The topological polar surface area (TPSA) is 29.5 Å². The third-order valence-electron chi connectivity index (χ3n) is 3.36. The summed E-state index contributed by atoms with van der Waals surface area (Å²) >= 11 is 0. The van der Waals surface area contributed by atoms with E-state index in [-0.39, 0.29) is 5.97 Å². The highest BCUT2D eigenvalue weighted by atomic mass is 16.5. The molecule has 0 saturated carbocycles. The molecule has 3 nitrogen and oxygen atoms in total. The van der Waals surface area contributed by atoms with Crippen LogP contribution in [0.5, 0.6) is 0 Å². The third-order valence-corrected chi connectivity index (χ3v) is 3.36. The zero-order valence-electron chi connectivity index (χ0n) is 12.8. The van der Waals surface area contributed by atoms with Gasteiger partial charge in [0.25, 0.3) is 0 Å². The second-order valence-electron chi connectivity index (χ2n) is 5.11. The summed E-state index contributed by atoms with van der Waals surface area (Å²) in [6.07, 6.45) is 0. The van der Waals surface area contributed by atoms with Gasteiger partial charge in [-0.3, -0.25) is 0 Å². The lowest BCUT2D eigenvalue weighted by molar-refractivity contribution is 0.0526. The average Bonchev–Trinajstić information content (AvgIpc) is 2.49. The van der Waals surface area contributed by atoms with Crippen LogP contribution >= 0.6 is 0 Å². The maximum absolute atomic E-state index is 11.6. The Morgan fingerprint density at radius 2 is 1.67 bits per heavy atom. The highest BCUT2D eigenvalue weighted by molar-refractivity contribution is 5.89. The molecule has 0 aliphatic carbocycles. The van der Waals surface area contributed by atoms with Crippen molar-refractivity contribution in [1.29, 1.82) is 0 Å². The van der Waals surface area contributed by atoms with E-state index in [0.717, 1.165) is 12.1 Å². The lowest BCUT2D eigenvalue weighted by Crippen LogP contribution is -2.16. The first kappa shape index (κ1) is 15.1. The first-order chi connectivity index (χ1) is 10.1. The standard InChI is InChI=1S/C18H21NO2/c1-4-21-18(20)16-9-7-15(8-10-16)13-19(3)17-11-5-14(2)6-12-17/h5-12H,4,13H2,1-3H3. The summed E-state index contributed by atoms with van der Waals surface area (Å²) in [5.74, 6) is -0.268. The first-order valence-electron chi connectivity index (χ1n) is 7.14. The summed E-state index contributed by atoms with van der Waals surface area (Å²) in [5.41, 5.74) is 4.19. The summed E-state index contributed by atoms with van der Waals surface area (Å²) in [6.45, 7) is 5.09. The van der Waals surface area contributed by atoms with Crippen LogP contribution in [-0.4, -0.2) is 19.6 Å². The third kappa shape index (κ3) is 4.09. The van der Waals surface area contributed by atoms with Crippen LogP contribution in [-0.2, 0) is 11.3 Å². The number of hydrogen-bond acceptors (Lipinski definition) is 3. The fraction of sp³-hybridized carbons (Fsp3) is 0.278. The molecular formula is C18H21NO2.